The first-order valence-electron chi connectivity index (χ1n) is 6.73. The molecule has 0 aromatic heterocycles. The average molecular weight is 361 g/mol. The Balaban J connectivity index is 2.26. The monoisotopic (exact) mass is 359 g/mol. The van der Waals surface area contributed by atoms with Crippen LogP contribution in [0.2, 0.25) is 15.1 Å². The van der Waals surface area contributed by atoms with Crippen molar-refractivity contribution < 1.29 is 9.47 Å². The van der Waals surface area contributed by atoms with Gasteiger partial charge in [-0.25, -0.2) is 0 Å². The summed E-state index contributed by atoms with van der Waals surface area (Å²) in [6.07, 6.45) is 0. The molecule has 0 unspecified atom stereocenters. The van der Waals surface area contributed by atoms with Crippen molar-refractivity contribution in [2.45, 2.75) is 13.5 Å². The third kappa shape index (κ3) is 4.13. The smallest absolute Gasteiger partial charge is 0.166 e. The SMILES string of the molecule is CCOc1c(CNc2ccc(Cl)cc2Cl)cc(Cl)cc1OC. The maximum atomic E-state index is 6.16. The molecule has 0 bridgehead atoms. The zero-order valence-electron chi connectivity index (χ0n) is 12.3. The van der Waals surface area contributed by atoms with Gasteiger partial charge in [0.05, 0.1) is 24.4 Å². The van der Waals surface area contributed by atoms with Crippen LogP contribution in [-0.4, -0.2) is 13.7 Å². The summed E-state index contributed by atoms with van der Waals surface area (Å²) in [6.45, 7) is 2.95. The van der Waals surface area contributed by atoms with Crippen molar-refractivity contribution in [2.75, 3.05) is 19.0 Å². The normalized spacial score (nSPS) is 10.4. The summed E-state index contributed by atoms with van der Waals surface area (Å²) in [5.41, 5.74) is 1.67. The second kappa shape index (κ2) is 7.82. The van der Waals surface area contributed by atoms with Crippen molar-refractivity contribution in [1.29, 1.82) is 0 Å². The molecule has 0 aliphatic carbocycles. The largest absolute Gasteiger partial charge is 0.493 e. The Morgan fingerprint density at radius 1 is 1.05 bits per heavy atom. The summed E-state index contributed by atoms with van der Waals surface area (Å²) in [4.78, 5) is 0. The van der Waals surface area contributed by atoms with Crippen molar-refractivity contribution in [2.24, 2.45) is 0 Å². The van der Waals surface area contributed by atoms with E-state index in [1.165, 1.54) is 0 Å². The van der Waals surface area contributed by atoms with Gasteiger partial charge in [-0.05, 0) is 31.2 Å². The highest BCUT2D eigenvalue weighted by Gasteiger charge is 2.13. The number of nitrogens with one attached hydrogen (secondary N) is 1. The van der Waals surface area contributed by atoms with Gasteiger partial charge in [0.1, 0.15) is 0 Å². The van der Waals surface area contributed by atoms with Gasteiger partial charge in [0.15, 0.2) is 11.5 Å². The van der Waals surface area contributed by atoms with Crippen molar-refractivity contribution in [3.05, 3.63) is 51.0 Å². The number of anilines is 1. The van der Waals surface area contributed by atoms with Crippen LogP contribution >= 0.6 is 34.8 Å². The minimum atomic E-state index is 0.494. The van der Waals surface area contributed by atoms with E-state index in [4.69, 9.17) is 44.3 Å². The molecule has 22 heavy (non-hydrogen) atoms. The fraction of sp³-hybridized carbons (Fsp3) is 0.250. The second-order valence-electron chi connectivity index (χ2n) is 4.51. The number of rotatable bonds is 6. The lowest BCUT2D eigenvalue weighted by Gasteiger charge is -2.16. The van der Waals surface area contributed by atoms with E-state index in [0.717, 1.165) is 11.3 Å². The van der Waals surface area contributed by atoms with Crippen molar-refractivity contribution in [3.63, 3.8) is 0 Å². The van der Waals surface area contributed by atoms with Gasteiger partial charge in [-0.15, -0.1) is 0 Å². The lowest BCUT2D eigenvalue weighted by molar-refractivity contribution is 0.308. The molecule has 1 N–H and O–H groups in total. The molecular weight excluding hydrogens is 345 g/mol. The molecule has 0 atom stereocenters. The number of benzene rings is 2. The minimum absolute atomic E-state index is 0.494. The number of hydrogen-bond acceptors (Lipinski definition) is 3. The topological polar surface area (TPSA) is 30.5 Å². The molecule has 0 heterocycles. The Labute approximate surface area is 145 Å². The predicted molar refractivity (Wildman–Crippen MR) is 93.0 cm³/mol. The summed E-state index contributed by atoms with van der Waals surface area (Å²) < 4.78 is 11.0. The van der Waals surface area contributed by atoms with Gasteiger partial charge >= 0.3 is 0 Å². The Hall–Kier alpha value is -1.29. The summed E-state index contributed by atoms with van der Waals surface area (Å²) in [5, 5.41) is 4.98. The molecule has 0 saturated carbocycles. The first-order chi connectivity index (χ1) is 10.5. The van der Waals surface area contributed by atoms with E-state index in [2.05, 4.69) is 5.32 Å². The quantitative estimate of drug-likeness (QED) is 0.720. The first-order valence-corrected chi connectivity index (χ1v) is 7.86. The van der Waals surface area contributed by atoms with Crippen LogP contribution < -0.4 is 14.8 Å². The van der Waals surface area contributed by atoms with Gasteiger partial charge in [-0.3, -0.25) is 0 Å². The average Bonchev–Trinajstić information content (AvgIpc) is 2.48. The maximum Gasteiger partial charge on any atom is 0.166 e. The Kier molecular flexibility index (Phi) is 6.07. The molecule has 0 aliphatic heterocycles. The van der Waals surface area contributed by atoms with Crippen LogP contribution in [0, 0.1) is 0 Å². The number of hydrogen-bond donors (Lipinski definition) is 1. The summed E-state index contributed by atoms with van der Waals surface area (Å²) in [5.74, 6) is 1.28. The highest BCUT2D eigenvalue weighted by Crippen LogP contribution is 2.35. The zero-order valence-corrected chi connectivity index (χ0v) is 14.5. The summed E-state index contributed by atoms with van der Waals surface area (Å²) in [6, 6.07) is 8.86. The summed E-state index contributed by atoms with van der Waals surface area (Å²) >= 11 is 18.2. The van der Waals surface area contributed by atoms with Gasteiger partial charge in [0, 0.05) is 28.2 Å². The third-order valence-corrected chi connectivity index (χ3v) is 3.77. The molecule has 118 valence electrons. The molecule has 3 nitrogen and oxygen atoms in total. The highest BCUT2D eigenvalue weighted by molar-refractivity contribution is 6.36. The number of ether oxygens (including phenoxy) is 2. The first kappa shape index (κ1) is 17.1. The molecule has 6 heteroatoms. The Morgan fingerprint density at radius 3 is 2.45 bits per heavy atom. The molecule has 2 rings (SSSR count). The van der Waals surface area contributed by atoms with E-state index in [1.54, 1.807) is 25.3 Å². The molecule has 0 amide bonds. The number of halogens is 3. The Bertz CT molecular complexity index is 662. The van der Waals surface area contributed by atoms with Gasteiger partial charge < -0.3 is 14.8 Å². The molecule has 2 aromatic rings. The Morgan fingerprint density at radius 2 is 1.82 bits per heavy atom. The molecule has 0 spiro atoms. The lowest BCUT2D eigenvalue weighted by Crippen LogP contribution is -2.05. The van der Waals surface area contributed by atoms with Gasteiger partial charge in [-0.1, -0.05) is 34.8 Å². The highest BCUT2D eigenvalue weighted by atomic mass is 35.5. The molecule has 0 fully saturated rings. The van der Waals surface area contributed by atoms with Crippen LogP contribution in [0.3, 0.4) is 0 Å². The predicted octanol–water partition coefficient (Wildman–Crippen LogP) is 5.67. The van der Waals surface area contributed by atoms with Crippen LogP contribution in [0.1, 0.15) is 12.5 Å². The minimum Gasteiger partial charge on any atom is -0.493 e. The van der Waals surface area contributed by atoms with E-state index in [-0.39, 0.29) is 0 Å². The van der Waals surface area contributed by atoms with Crippen LogP contribution in [-0.2, 0) is 6.54 Å². The van der Waals surface area contributed by atoms with Crippen molar-refractivity contribution >= 4 is 40.5 Å². The molecule has 0 saturated heterocycles. The second-order valence-corrected chi connectivity index (χ2v) is 5.79. The van der Waals surface area contributed by atoms with Crippen LogP contribution in [0.25, 0.3) is 0 Å². The molecular formula is C16H16Cl3NO2. The van der Waals surface area contributed by atoms with Crippen LogP contribution in [0.15, 0.2) is 30.3 Å². The lowest BCUT2D eigenvalue weighted by atomic mass is 10.1. The zero-order chi connectivity index (χ0) is 16.1. The third-order valence-electron chi connectivity index (χ3n) is 3.01. The van der Waals surface area contributed by atoms with Gasteiger partial charge in [0.2, 0.25) is 0 Å². The van der Waals surface area contributed by atoms with Crippen LogP contribution in [0.4, 0.5) is 5.69 Å². The fourth-order valence-electron chi connectivity index (χ4n) is 2.04. The van der Waals surface area contributed by atoms with E-state index in [9.17, 15) is 0 Å². The van der Waals surface area contributed by atoms with E-state index < -0.39 is 0 Å². The van der Waals surface area contributed by atoms with E-state index >= 15 is 0 Å². The van der Waals surface area contributed by atoms with Gasteiger partial charge in [-0.2, -0.15) is 0 Å². The van der Waals surface area contributed by atoms with Gasteiger partial charge in [0.25, 0.3) is 0 Å². The van der Waals surface area contributed by atoms with Crippen molar-refractivity contribution in [3.8, 4) is 11.5 Å². The fourth-order valence-corrected chi connectivity index (χ4v) is 2.74. The number of methoxy groups -OCH3 is 1. The van der Waals surface area contributed by atoms with E-state index in [1.807, 2.05) is 19.1 Å². The molecule has 2 aromatic carbocycles. The molecule has 0 aliphatic rings. The molecule has 0 radical (unpaired) electrons. The standard InChI is InChI=1S/C16H16Cl3NO2/c1-3-22-16-10(6-12(18)8-15(16)21-2)9-20-14-5-4-11(17)7-13(14)19/h4-8,20H,3,9H2,1-2H3. The van der Waals surface area contributed by atoms with Crippen molar-refractivity contribution in [1.82, 2.24) is 0 Å². The van der Waals surface area contributed by atoms with E-state index in [0.29, 0.717) is 39.7 Å². The van der Waals surface area contributed by atoms with Crippen LogP contribution in [0.5, 0.6) is 11.5 Å². The summed E-state index contributed by atoms with van der Waals surface area (Å²) in [7, 11) is 1.58. The maximum absolute atomic E-state index is 6.16.